The molecule has 2 rings (SSSR count). The Morgan fingerprint density at radius 3 is 3.17 bits per heavy atom. The molecule has 4 heteroatoms. The minimum absolute atomic E-state index is 0.236. The second-order valence-corrected chi connectivity index (χ2v) is 3.38. The summed E-state index contributed by atoms with van der Waals surface area (Å²) in [6, 6.07) is 0.236. The Hall–Kier alpha value is -1.03. The van der Waals surface area contributed by atoms with Crippen LogP contribution in [0.15, 0.2) is 0 Å². The molecule has 1 atom stereocenters. The summed E-state index contributed by atoms with van der Waals surface area (Å²) in [4.78, 5) is 0. The van der Waals surface area contributed by atoms with Gasteiger partial charge in [-0.05, 0) is 13.3 Å². The summed E-state index contributed by atoms with van der Waals surface area (Å²) in [5, 5.41) is 7.60. The van der Waals surface area contributed by atoms with Gasteiger partial charge in [0.2, 0.25) is 0 Å². The molecule has 1 aromatic rings. The average molecular weight is 166 g/mol. The standard InChI is InChI=1S/C8H14N4/c1-5-7-3-6(9)4-10-8(7)12(2)11-5/h6,10H,3-4,9H2,1-2H3/t6-/m1/s1. The highest BCUT2D eigenvalue weighted by atomic mass is 15.3. The summed E-state index contributed by atoms with van der Waals surface area (Å²) in [7, 11) is 1.95. The molecule has 1 aliphatic rings. The first kappa shape index (κ1) is 7.61. The lowest BCUT2D eigenvalue weighted by Crippen LogP contribution is -2.35. The molecule has 1 aromatic heterocycles. The molecule has 66 valence electrons. The minimum Gasteiger partial charge on any atom is -0.368 e. The van der Waals surface area contributed by atoms with E-state index in [-0.39, 0.29) is 6.04 Å². The predicted molar refractivity (Wildman–Crippen MR) is 48.1 cm³/mol. The molecule has 2 heterocycles. The van der Waals surface area contributed by atoms with Gasteiger partial charge < -0.3 is 11.1 Å². The lowest BCUT2D eigenvalue weighted by atomic mass is 10.0. The van der Waals surface area contributed by atoms with E-state index in [4.69, 9.17) is 5.73 Å². The van der Waals surface area contributed by atoms with Crippen molar-refractivity contribution in [2.75, 3.05) is 11.9 Å². The van der Waals surface area contributed by atoms with Gasteiger partial charge in [0.1, 0.15) is 5.82 Å². The van der Waals surface area contributed by atoms with Crippen molar-refractivity contribution in [2.45, 2.75) is 19.4 Å². The highest BCUT2D eigenvalue weighted by Crippen LogP contribution is 2.23. The van der Waals surface area contributed by atoms with Crippen molar-refractivity contribution in [3.63, 3.8) is 0 Å². The molecule has 3 N–H and O–H groups in total. The Morgan fingerprint density at radius 1 is 1.67 bits per heavy atom. The zero-order valence-electron chi connectivity index (χ0n) is 7.46. The smallest absolute Gasteiger partial charge is 0.127 e. The summed E-state index contributed by atoms with van der Waals surface area (Å²) in [5.74, 6) is 1.13. The van der Waals surface area contributed by atoms with E-state index in [1.54, 1.807) is 0 Å². The maximum atomic E-state index is 5.83. The molecule has 0 saturated carbocycles. The molecule has 0 unspecified atom stereocenters. The fourth-order valence-corrected chi connectivity index (χ4v) is 1.73. The predicted octanol–water partition coefficient (Wildman–Crippen LogP) is 0.0238. The van der Waals surface area contributed by atoms with Crippen LogP contribution in [0.2, 0.25) is 0 Å². The monoisotopic (exact) mass is 166 g/mol. The molecule has 0 amide bonds. The van der Waals surface area contributed by atoms with Gasteiger partial charge in [0.05, 0.1) is 5.69 Å². The zero-order valence-corrected chi connectivity index (χ0v) is 7.46. The average Bonchev–Trinajstić information content (AvgIpc) is 2.28. The van der Waals surface area contributed by atoms with Gasteiger partial charge in [-0.1, -0.05) is 0 Å². The largest absolute Gasteiger partial charge is 0.368 e. The van der Waals surface area contributed by atoms with Gasteiger partial charge in [0.25, 0.3) is 0 Å². The van der Waals surface area contributed by atoms with Gasteiger partial charge in [-0.25, -0.2) is 0 Å². The van der Waals surface area contributed by atoms with Crippen LogP contribution < -0.4 is 11.1 Å². The first-order chi connectivity index (χ1) is 5.68. The van der Waals surface area contributed by atoms with Crippen molar-refractivity contribution in [1.82, 2.24) is 9.78 Å². The summed E-state index contributed by atoms with van der Waals surface area (Å²) in [6.45, 7) is 2.88. The normalized spacial score (nSPS) is 21.8. The van der Waals surface area contributed by atoms with Gasteiger partial charge in [-0.15, -0.1) is 0 Å². The Balaban J connectivity index is 2.45. The number of hydrogen-bond donors (Lipinski definition) is 2. The lowest BCUT2D eigenvalue weighted by Gasteiger charge is -2.20. The van der Waals surface area contributed by atoms with Crippen LogP contribution in [-0.4, -0.2) is 22.4 Å². The zero-order chi connectivity index (χ0) is 8.72. The fraction of sp³-hybridized carbons (Fsp3) is 0.625. The fourth-order valence-electron chi connectivity index (χ4n) is 1.73. The molecule has 0 bridgehead atoms. The van der Waals surface area contributed by atoms with Crippen LogP contribution >= 0.6 is 0 Å². The van der Waals surface area contributed by atoms with E-state index in [0.29, 0.717) is 0 Å². The van der Waals surface area contributed by atoms with Crippen molar-refractivity contribution >= 4 is 5.82 Å². The molecule has 0 radical (unpaired) electrons. The molecule has 4 nitrogen and oxygen atoms in total. The van der Waals surface area contributed by atoms with Crippen molar-refractivity contribution in [3.05, 3.63) is 11.3 Å². The molecule has 0 spiro atoms. The van der Waals surface area contributed by atoms with Crippen molar-refractivity contribution in [3.8, 4) is 0 Å². The minimum atomic E-state index is 0.236. The van der Waals surface area contributed by atoms with E-state index in [9.17, 15) is 0 Å². The summed E-state index contributed by atoms with van der Waals surface area (Å²) in [5.41, 5.74) is 8.20. The molecule has 0 saturated heterocycles. The van der Waals surface area contributed by atoms with E-state index in [0.717, 1.165) is 24.5 Å². The highest BCUT2D eigenvalue weighted by molar-refractivity contribution is 5.50. The number of nitrogens with zero attached hydrogens (tertiary/aromatic N) is 2. The maximum Gasteiger partial charge on any atom is 0.127 e. The lowest BCUT2D eigenvalue weighted by molar-refractivity contribution is 0.666. The highest BCUT2D eigenvalue weighted by Gasteiger charge is 2.20. The van der Waals surface area contributed by atoms with Gasteiger partial charge in [-0.3, -0.25) is 4.68 Å². The number of anilines is 1. The third kappa shape index (κ3) is 0.992. The van der Waals surface area contributed by atoms with Gasteiger partial charge >= 0.3 is 0 Å². The first-order valence-corrected chi connectivity index (χ1v) is 4.20. The quantitative estimate of drug-likeness (QED) is 0.571. The molecule has 1 aliphatic heterocycles. The Bertz CT molecular complexity index is 302. The van der Waals surface area contributed by atoms with E-state index in [1.165, 1.54) is 5.56 Å². The number of rotatable bonds is 0. The van der Waals surface area contributed by atoms with E-state index < -0.39 is 0 Å². The third-order valence-electron chi connectivity index (χ3n) is 2.34. The van der Waals surface area contributed by atoms with Crippen LogP contribution in [0.25, 0.3) is 0 Å². The molecular formula is C8H14N4. The van der Waals surface area contributed by atoms with E-state index >= 15 is 0 Å². The van der Waals surface area contributed by atoms with Crippen LogP contribution in [0.5, 0.6) is 0 Å². The molecule has 12 heavy (non-hydrogen) atoms. The topological polar surface area (TPSA) is 55.9 Å². The molecule has 0 fully saturated rings. The molecule has 0 aromatic carbocycles. The number of nitrogens with two attached hydrogens (primary N) is 1. The molecule has 0 aliphatic carbocycles. The Morgan fingerprint density at radius 2 is 2.42 bits per heavy atom. The van der Waals surface area contributed by atoms with Gasteiger partial charge in [0, 0.05) is 25.2 Å². The van der Waals surface area contributed by atoms with Crippen molar-refractivity contribution in [2.24, 2.45) is 12.8 Å². The summed E-state index contributed by atoms with van der Waals surface area (Å²) in [6.07, 6.45) is 0.946. The summed E-state index contributed by atoms with van der Waals surface area (Å²) < 4.78 is 1.89. The van der Waals surface area contributed by atoms with E-state index in [1.807, 2.05) is 18.7 Å². The Kier molecular flexibility index (Phi) is 1.58. The van der Waals surface area contributed by atoms with Crippen LogP contribution in [0, 0.1) is 6.92 Å². The third-order valence-corrected chi connectivity index (χ3v) is 2.34. The van der Waals surface area contributed by atoms with Crippen molar-refractivity contribution in [1.29, 1.82) is 0 Å². The van der Waals surface area contributed by atoms with Crippen LogP contribution in [-0.2, 0) is 13.5 Å². The number of hydrogen-bond acceptors (Lipinski definition) is 3. The summed E-state index contributed by atoms with van der Waals surface area (Å²) >= 11 is 0. The molecular weight excluding hydrogens is 152 g/mol. The van der Waals surface area contributed by atoms with Crippen molar-refractivity contribution < 1.29 is 0 Å². The Labute approximate surface area is 71.7 Å². The van der Waals surface area contributed by atoms with Crippen LogP contribution in [0.3, 0.4) is 0 Å². The number of fused-ring (bicyclic) bond motifs is 1. The van der Waals surface area contributed by atoms with Gasteiger partial charge in [-0.2, -0.15) is 5.10 Å². The van der Waals surface area contributed by atoms with Crippen LogP contribution in [0.1, 0.15) is 11.3 Å². The first-order valence-electron chi connectivity index (χ1n) is 4.20. The maximum absolute atomic E-state index is 5.83. The number of nitrogens with one attached hydrogen (secondary N) is 1. The SMILES string of the molecule is Cc1nn(C)c2c1C[C@@H](N)CN2. The number of aromatic nitrogens is 2. The van der Waals surface area contributed by atoms with E-state index in [2.05, 4.69) is 10.4 Å². The number of aryl methyl sites for hydroxylation is 2. The van der Waals surface area contributed by atoms with Gasteiger partial charge in [0.15, 0.2) is 0 Å². The second kappa shape index (κ2) is 2.48. The van der Waals surface area contributed by atoms with Crippen LogP contribution in [0.4, 0.5) is 5.82 Å². The second-order valence-electron chi connectivity index (χ2n) is 3.38.